The van der Waals surface area contributed by atoms with Crippen molar-refractivity contribution in [2.45, 2.75) is 26.3 Å². The number of nitrogens with two attached hydrogens (primary N) is 1. The van der Waals surface area contributed by atoms with Gasteiger partial charge in [0, 0.05) is 44.0 Å². The monoisotopic (exact) mass is 320 g/mol. The Labute approximate surface area is 136 Å². The van der Waals surface area contributed by atoms with Gasteiger partial charge in [-0.15, -0.1) is 0 Å². The number of carbonyl (C=O) groups excluding carboxylic acids is 1. The van der Waals surface area contributed by atoms with Gasteiger partial charge in [0.2, 0.25) is 5.91 Å². The second-order valence-electron chi connectivity index (χ2n) is 6.82. The van der Waals surface area contributed by atoms with Gasteiger partial charge in [0.05, 0.1) is 11.5 Å². The summed E-state index contributed by atoms with van der Waals surface area (Å²) in [5, 5.41) is 10.7. The Hall–Kier alpha value is -1.99. The van der Waals surface area contributed by atoms with Gasteiger partial charge in [0.1, 0.15) is 0 Å². The molecule has 2 N–H and O–H groups in total. The Bertz CT molecular complexity index is 585. The van der Waals surface area contributed by atoms with Crippen LogP contribution in [-0.2, 0) is 4.79 Å². The maximum atomic E-state index is 12.4. The molecule has 1 heterocycles. The van der Waals surface area contributed by atoms with Gasteiger partial charge < -0.3 is 10.6 Å². The highest BCUT2D eigenvalue weighted by Crippen LogP contribution is 2.27. The normalized spacial score (nSPS) is 21.0. The summed E-state index contributed by atoms with van der Waals surface area (Å²) in [6, 6.07) is 6.14. The molecule has 0 aliphatic carbocycles. The van der Waals surface area contributed by atoms with E-state index in [0.717, 1.165) is 19.5 Å². The average Bonchev–Trinajstić information content (AvgIpc) is 2.50. The van der Waals surface area contributed by atoms with Gasteiger partial charge in [-0.05, 0) is 24.0 Å². The topological polar surface area (TPSA) is 92.7 Å². The Kier molecular flexibility index (Phi) is 5.01. The molecule has 0 saturated carbocycles. The van der Waals surface area contributed by atoms with E-state index in [1.807, 2.05) is 0 Å². The number of likely N-dealkylation sites (N-methyl/N-ethyl adjacent to an activating group) is 1. The first-order valence-corrected chi connectivity index (χ1v) is 7.69. The molecule has 7 nitrogen and oxygen atoms in total. The van der Waals surface area contributed by atoms with E-state index in [1.165, 1.54) is 17.0 Å². The summed E-state index contributed by atoms with van der Waals surface area (Å²) < 4.78 is 0. The van der Waals surface area contributed by atoms with Crippen LogP contribution in [0.5, 0.6) is 0 Å². The molecule has 1 unspecified atom stereocenters. The van der Waals surface area contributed by atoms with Crippen molar-refractivity contribution in [2.75, 3.05) is 31.6 Å². The molecule has 126 valence electrons. The minimum Gasteiger partial charge on any atom is -0.327 e. The fraction of sp³-hybridized carbons (Fsp3) is 0.562. The highest BCUT2D eigenvalue weighted by molar-refractivity contribution is 5.94. The number of rotatable bonds is 4. The number of amides is 1. The van der Waals surface area contributed by atoms with Crippen molar-refractivity contribution in [3.63, 3.8) is 0 Å². The van der Waals surface area contributed by atoms with E-state index in [0.29, 0.717) is 12.2 Å². The zero-order valence-electron chi connectivity index (χ0n) is 13.9. The fourth-order valence-corrected chi connectivity index (χ4v) is 2.86. The SMILES string of the molecule is CN(C(=O)CN1CCC(N)C(C)(C)C1)c1ccc([N+](=O)[O-])cc1. The second-order valence-corrected chi connectivity index (χ2v) is 6.82. The summed E-state index contributed by atoms with van der Waals surface area (Å²) in [6.07, 6.45) is 0.877. The van der Waals surface area contributed by atoms with Crippen LogP contribution in [-0.4, -0.2) is 48.5 Å². The number of non-ortho nitro benzene ring substituents is 1. The minimum atomic E-state index is -0.454. The summed E-state index contributed by atoms with van der Waals surface area (Å²) in [5.41, 5.74) is 6.77. The average molecular weight is 320 g/mol. The van der Waals surface area contributed by atoms with E-state index in [4.69, 9.17) is 5.73 Å². The Balaban J connectivity index is 1.98. The first-order valence-electron chi connectivity index (χ1n) is 7.69. The molecule has 0 radical (unpaired) electrons. The van der Waals surface area contributed by atoms with Crippen LogP contribution >= 0.6 is 0 Å². The molecule has 1 amide bonds. The molecular formula is C16H24N4O3. The van der Waals surface area contributed by atoms with Crippen molar-refractivity contribution in [1.29, 1.82) is 0 Å². The van der Waals surface area contributed by atoms with Crippen molar-refractivity contribution >= 4 is 17.3 Å². The smallest absolute Gasteiger partial charge is 0.269 e. The minimum absolute atomic E-state index is 0.00946. The molecular weight excluding hydrogens is 296 g/mol. The molecule has 1 aliphatic heterocycles. The van der Waals surface area contributed by atoms with E-state index in [1.54, 1.807) is 19.2 Å². The van der Waals surface area contributed by atoms with Crippen LogP contribution in [0.4, 0.5) is 11.4 Å². The van der Waals surface area contributed by atoms with Gasteiger partial charge >= 0.3 is 0 Å². The molecule has 1 saturated heterocycles. The zero-order chi connectivity index (χ0) is 17.2. The second kappa shape index (κ2) is 6.64. The van der Waals surface area contributed by atoms with Crippen LogP contribution < -0.4 is 10.6 Å². The number of nitro groups is 1. The van der Waals surface area contributed by atoms with Gasteiger partial charge in [-0.25, -0.2) is 0 Å². The Morgan fingerprint density at radius 2 is 2.04 bits per heavy atom. The molecule has 1 aromatic carbocycles. The number of nitrogens with zero attached hydrogens (tertiary/aromatic N) is 3. The first kappa shape index (κ1) is 17.4. The molecule has 1 atom stereocenters. The van der Waals surface area contributed by atoms with Crippen LogP contribution in [0, 0.1) is 15.5 Å². The molecule has 0 aromatic heterocycles. The van der Waals surface area contributed by atoms with Gasteiger partial charge in [0.15, 0.2) is 0 Å². The van der Waals surface area contributed by atoms with Gasteiger partial charge in [-0.3, -0.25) is 19.8 Å². The van der Waals surface area contributed by atoms with E-state index in [-0.39, 0.29) is 23.1 Å². The van der Waals surface area contributed by atoms with E-state index >= 15 is 0 Å². The quantitative estimate of drug-likeness (QED) is 0.672. The third kappa shape index (κ3) is 4.05. The number of hydrogen-bond donors (Lipinski definition) is 1. The molecule has 1 aromatic rings. The van der Waals surface area contributed by atoms with Gasteiger partial charge in [0.25, 0.3) is 5.69 Å². The van der Waals surface area contributed by atoms with Crippen molar-refractivity contribution in [1.82, 2.24) is 4.90 Å². The Morgan fingerprint density at radius 3 is 2.57 bits per heavy atom. The lowest BCUT2D eigenvalue weighted by atomic mass is 9.80. The van der Waals surface area contributed by atoms with Crippen molar-refractivity contribution in [3.8, 4) is 0 Å². The molecule has 2 rings (SSSR count). The summed E-state index contributed by atoms with van der Waals surface area (Å²) >= 11 is 0. The van der Waals surface area contributed by atoms with E-state index in [2.05, 4.69) is 18.7 Å². The van der Waals surface area contributed by atoms with Crippen molar-refractivity contribution in [2.24, 2.45) is 11.1 Å². The van der Waals surface area contributed by atoms with Crippen molar-refractivity contribution < 1.29 is 9.72 Å². The summed E-state index contributed by atoms with van der Waals surface area (Å²) in [5.74, 6) is -0.0369. The van der Waals surface area contributed by atoms with Crippen molar-refractivity contribution in [3.05, 3.63) is 34.4 Å². The van der Waals surface area contributed by atoms with Crippen LogP contribution in [0.3, 0.4) is 0 Å². The lowest BCUT2D eigenvalue weighted by Gasteiger charge is -2.42. The fourth-order valence-electron chi connectivity index (χ4n) is 2.86. The number of benzene rings is 1. The van der Waals surface area contributed by atoms with Crippen LogP contribution in [0.1, 0.15) is 20.3 Å². The maximum absolute atomic E-state index is 12.4. The highest BCUT2D eigenvalue weighted by atomic mass is 16.6. The zero-order valence-corrected chi connectivity index (χ0v) is 13.9. The molecule has 7 heteroatoms. The molecule has 1 aliphatic rings. The molecule has 0 bridgehead atoms. The standard InChI is InChI=1S/C16H24N4O3/c1-16(2)11-19(9-8-14(16)17)10-15(21)18(3)12-4-6-13(7-5-12)20(22)23/h4-7,14H,8-11,17H2,1-3H3. The lowest BCUT2D eigenvalue weighted by Crippen LogP contribution is -2.54. The van der Waals surface area contributed by atoms with E-state index < -0.39 is 4.92 Å². The van der Waals surface area contributed by atoms with Crippen LogP contribution in [0.2, 0.25) is 0 Å². The molecule has 0 spiro atoms. The number of likely N-dealkylation sites (tertiary alicyclic amines) is 1. The number of anilines is 1. The van der Waals surface area contributed by atoms with Gasteiger partial charge in [-0.1, -0.05) is 13.8 Å². The first-order chi connectivity index (χ1) is 10.7. The highest BCUT2D eigenvalue weighted by Gasteiger charge is 2.34. The third-order valence-corrected chi connectivity index (χ3v) is 4.57. The predicted molar refractivity (Wildman–Crippen MR) is 89.3 cm³/mol. The number of hydrogen-bond acceptors (Lipinski definition) is 5. The maximum Gasteiger partial charge on any atom is 0.269 e. The van der Waals surface area contributed by atoms with E-state index in [9.17, 15) is 14.9 Å². The summed E-state index contributed by atoms with van der Waals surface area (Å²) in [7, 11) is 1.68. The van der Waals surface area contributed by atoms with Gasteiger partial charge in [-0.2, -0.15) is 0 Å². The lowest BCUT2D eigenvalue weighted by molar-refractivity contribution is -0.384. The Morgan fingerprint density at radius 1 is 1.43 bits per heavy atom. The third-order valence-electron chi connectivity index (χ3n) is 4.57. The molecule has 1 fully saturated rings. The number of nitro benzene ring substituents is 1. The predicted octanol–water partition coefficient (Wildman–Crippen LogP) is 1.62. The summed E-state index contributed by atoms with van der Waals surface area (Å²) in [6.45, 7) is 6.16. The largest absolute Gasteiger partial charge is 0.327 e. The number of carbonyl (C=O) groups is 1. The summed E-state index contributed by atoms with van der Waals surface area (Å²) in [4.78, 5) is 26.3. The molecule has 23 heavy (non-hydrogen) atoms. The van der Waals surface area contributed by atoms with Crippen LogP contribution in [0.25, 0.3) is 0 Å². The van der Waals surface area contributed by atoms with Crippen LogP contribution in [0.15, 0.2) is 24.3 Å². The number of piperidine rings is 1.